The Morgan fingerprint density at radius 2 is 1.64 bits per heavy atom. The van der Waals surface area contributed by atoms with Gasteiger partial charge in [-0.15, -0.1) is 0 Å². The Balaban J connectivity index is 1.57. The minimum Gasteiger partial charge on any atom is -0.460 e. The average Bonchev–Trinajstić information content (AvgIpc) is 3.08. The Morgan fingerprint density at radius 3 is 2.33 bits per heavy atom. The molecule has 2 atom stereocenters. The first-order valence-electron chi connectivity index (χ1n) is 11.1. The van der Waals surface area contributed by atoms with E-state index in [2.05, 4.69) is 5.32 Å². The summed E-state index contributed by atoms with van der Waals surface area (Å²) in [7, 11) is 0. The lowest BCUT2D eigenvalue weighted by Crippen LogP contribution is -2.47. The van der Waals surface area contributed by atoms with E-state index in [-0.39, 0.29) is 12.5 Å². The first-order chi connectivity index (χ1) is 15.7. The Bertz CT molecular complexity index is 1180. The molecule has 0 radical (unpaired) electrons. The lowest BCUT2D eigenvalue weighted by atomic mass is 10.0. The number of nitrogens with one attached hydrogen (secondary N) is 1. The fraction of sp³-hybridized carbons (Fsp3) is 0.296. The number of likely N-dealkylation sites (tertiary alicyclic amines) is 1. The van der Waals surface area contributed by atoms with Crippen molar-refractivity contribution in [3.63, 3.8) is 0 Å². The van der Waals surface area contributed by atoms with Gasteiger partial charge in [-0.05, 0) is 49.2 Å². The molecule has 1 aliphatic rings. The summed E-state index contributed by atoms with van der Waals surface area (Å²) in [5.74, 6) is -1.96. The average molecular weight is 445 g/mol. The predicted octanol–water partition coefficient (Wildman–Crippen LogP) is 3.94. The van der Waals surface area contributed by atoms with Crippen LogP contribution in [-0.2, 0) is 20.9 Å². The highest BCUT2D eigenvalue weighted by molar-refractivity contribution is 6.02. The van der Waals surface area contributed by atoms with Crippen LogP contribution in [0.4, 0.5) is 0 Å². The Morgan fingerprint density at radius 1 is 0.970 bits per heavy atom. The number of ether oxygens (including phenoxy) is 1. The van der Waals surface area contributed by atoms with E-state index < -0.39 is 29.4 Å². The summed E-state index contributed by atoms with van der Waals surface area (Å²) < 4.78 is 5.57. The second-order valence-corrected chi connectivity index (χ2v) is 9.36. The molecule has 1 aliphatic heterocycles. The van der Waals surface area contributed by atoms with Crippen LogP contribution in [-0.4, -0.2) is 40.9 Å². The van der Waals surface area contributed by atoms with Gasteiger partial charge in [0.15, 0.2) is 0 Å². The molecule has 2 amide bonds. The second-order valence-electron chi connectivity index (χ2n) is 9.36. The zero-order valence-electron chi connectivity index (χ0n) is 19.1. The fourth-order valence-electron chi connectivity index (χ4n) is 4.05. The van der Waals surface area contributed by atoms with Crippen LogP contribution in [0.5, 0.6) is 0 Å². The molecule has 3 aromatic carbocycles. The predicted molar refractivity (Wildman–Crippen MR) is 126 cm³/mol. The molecule has 1 saturated heterocycles. The van der Waals surface area contributed by atoms with E-state index in [0.717, 1.165) is 16.3 Å². The van der Waals surface area contributed by atoms with Crippen molar-refractivity contribution in [3.05, 3.63) is 83.9 Å². The maximum Gasteiger partial charge on any atom is 0.313 e. The quantitative estimate of drug-likeness (QED) is 0.605. The summed E-state index contributed by atoms with van der Waals surface area (Å²) in [6.45, 7) is 5.90. The number of hydrogen-bond acceptors (Lipinski definition) is 4. The van der Waals surface area contributed by atoms with Crippen LogP contribution in [0.25, 0.3) is 10.8 Å². The van der Waals surface area contributed by atoms with E-state index in [4.69, 9.17) is 4.74 Å². The van der Waals surface area contributed by atoms with Gasteiger partial charge in [0.2, 0.25) is 5.91 Å². The molecule has 6 nitrogen and oxygen atoms in total. The number of carbonyl (C=O) groups is 3. The summed E-state index contributed by atoms with van der Waals surface area (Å²) >= 11 is 0. The number of nitrogens with zero attached hydrogens (tertiary/aromatic N) is 1. The summed E-state index contributed by atoms with van der Waals surface area (Å²) in [5, 5.41) is 4.76. The van der Waals surface area contributed by atoms with Gasteiger partial charge in [0.05, 0.1) is 0 Å². The monoisotopic (exact) mass is 444 g/mol. The number of fused-ring (bicyclic) bond motifs is 1. The van der Waals surface area contributed by atoms with Crippen LogP contribution in [0, 0.1) is 5.92 Å². The van der Waals surface area contributed by atoms with Crippen LogP contribution in [0.15, 0.2) is 72.8 Å². The van der Waals surface area contributed by atoms with Crippen molar-refractivity contribution >= 4 is 28.6 Å². The molecule has 170 valence electrons. The third-order valence-electron chi connectivity index (χ3n) is 5.62. The number of esters is 1. The molecule has 4 rings (SSSR count). The highest BCUT2D eigenvalue weighted by atomic mass is 16.6. The standard InChI is InChI=1S/C27H28N2O4/c1-27(2,3)33-26(32)22-17-29(16-18-9-5-4-6-10-18)25(31)23(22)28-24(30)21-14-13-19-11-7-8-12-20(19)15-21/h4-15,22-23H,16-17H2,1-3H3,(H,28,30). The van der Waals surface area contributed by atoms with Crippen LogP contribution in [0.3, 0.4) is 0 Å². The van der Waals surface area contributed by atoms with Gasteiger partial charge in [0, 0.05) is 18.7 Å². The lowest BCUT2D eigenvalue weighted by Gasteiger charge is -2.24. The van der Waals surface area contributed by atoms with Gasteiger partial charge in [-0.2, -0.15) is 0 Å². The molecule has 1 heterocycles. The summed E-state index contributed by atoms with van der Waals surface area (Å²) in [4.78, 5) is 40.9. The lowest BCUT2D eigenvalue weighted by molar-refractivity contribution is -0.160. The smallest absolute Gasteiger partial charge is 0.313 e. The Labute approximate surface area is 193 Å². The van der Waals surface area contributed by atoms with Gasteiger partial charge in [-0.1, -0.05) is 60.7 Å². The maximum absolute atomic E-state index is 13.3. The number of carbonyl (C=O) groups excluding carboxylic acids is 3. The zero-order valence-corrected chi connectivity index (χ0v) is 19.1. The van der Waals surface area contributed by atoms with Crippen molar-refractivity contribution in [2.24, 2.45) is 5.92 Å². The molecule has 6 heteroatoms. The molecule has 3 aromatic rings. The number of hydrogen-bond donors (Lipinski definition) is 1. The van der Waals surface area contributed by atoms with Crippen LogP contribution in [0.1, 0.15) is 36.7 Å². The van der Waals surface area contributed by atoms with E-state index in [1.165, 1.54) is 0 Å². The number of rotatable bonds is 5. The van der Waals surface area contributed by atoms with Gasteiger partial charge in [0.1, 0.15) is 17.6 Å². The van der Waals surface area contributed by atoms with Crippen molar-refractivity contribution in [1.29, 1.82) is 0 Å². The van der Waals surface area contributed by atoms with Crippen LogP contribution < -0.4 is 5.32 Å². The fourth-order valence-corrected chi connectivity index (χ4v) is 4.05. The minimum atomic E-state index is -0.984. The van der Waals surface area contributed by atoms with Crippen molar-refractivity contribution in [2.75, 3.05) is 6.54 Å². The van der Waals surface area contributed by atoms with E-state index in [1.54, 1.807) is 37.8 Å². The second kappa shape index (κ2) is 9.06. The molecule has 0 bridgehead atoms. The van der Waals surface area contributed by atoms with E-state index in [0.29, 0.717) is 12.1 Å². The zero-order chi connectivity index (χ0) is 23.6. The molecule has 0 spiro atoms. The van der Waals surface area contributed by atoms with Crippen LogP contribution in [0.2, 0.25) is 0 Å². The van der Waals surface area contributed by atoms with Crippen molar-refractivity contribution < 1.29 is 19.1 Å². The third kappa shape index (κ3) is 5.22. The molecule has 0 aliphatic carbocycles. The molecule has 1 fully saturated rings. The SMILES string of the molecule is CC(C)(C)OC(=O)C1CN(Cc2ccccc2)C(=O)C1NC(=O)c1ccc2ccccc2c1. The Kier molecular flexibility index (Phi) is 6.18. The number of benzene rings is 3. The maximum atomic E-state index is 13.3. The summed E-state index contributed by atoms with van der Waals surface area (Å²) in [6, 6.07) is 21.7. The van der Waals surface area contributed by atoms with Crippen LogP contribution >= 0.6 is 0 Å². The van der Waals surface area contributed by atoms with Gasteiger partial charge >= 0.3 is 5.97 Å². The Hall–Kier alpha value is -3.67. The van der Waals surface area contributed by atoms with Gasteiger partial charge < -0.3 is 15.0 Å². The van der Waals surface area contributed by atoms with Crippen molar-refractivity contribution in [2.45, 2.75) is 39.0 Å². The van der Waals surface area contributed by atoms with Crippen molar-refractivity contribution in [1.82, 2.24) is 10.2 Å². The molecular formula is C27H28N2O4. The molecule has 2 unspecified atom stereocenters. The largest absolute Gasteiger partial charge is 0.460 e. The third-order valence-corrected chi connectivity index (χ3v) is 5.62. The van der Waals surface area contributed by atoms with Gasteiger partial charge in [-0.3, -0.25) is 14.4 Å². The van der Waals surface area contributed by atoms with Crippen molar-refractivity contribution in [3.8, 4) is 0 Å². The molecule has 33 heavy (non-hydrogen) atoms. The molecule has 0 aromatic heterocycles. The summed E-state index contributed by atoms with van der Waals surface area (Å²) in [6.07, 6.45) is 0. The topological polar surface area (TPSA) is 75.7 Å². The van der Waals surface area contributed by atoms with E-state index in [1.807, 2.05) is 60.7 Å². The van der Waals surface area contributed by atoms with Gasteiger partial charge in [-0.25, -0.2) is 0 Å². The minimum absolute atomic E-state index is 0.186. The number of amides is 2. The van der Waals surface area contributed by atoms with E-state index >= 15 is 0 Å². The molecular weight excluding hydrogens is 416 g/mol. The molecule has 0 saturated carbocycles. The highest BCUT2D eigenvalue weighted by Crippen LogP contribution is 2.25. The first kappa shape index (κ1) is 22.5. The highest BCUT2D eigenvalue weighted by Gasteiger charge is 2.46. The van der Waals surface area contributed by atoms with Gasteiger partial charge in [0.25, 0.3) is 5.91 Å². The summed E-state index contributed by atoms with van der Waals surface area (Å²) in [5.41, 5.74) is 0.695. The molecule has 1 N–H and O–H groups in total. The first-order valence-corrected chi connectivity index (χ1v) is 11.1. The normalized spacial score (nSPS) is 18.4. The van der Waals surface area contributed by atoms with E-state index in [9.17, 15) is 14.4 Å².